The van der Waals surface area contributed by atoms with Gasteiger partial charge in [-0.25, -0.2) is 0 Å². The van der Waals surface area contributed by atoms with Gasteiger partial charge in [-0.2, -0.15) is 0 Å². The summed E-state index contributed by atoms with van der Waals surface area (Å²) in [7, 11) is 0. The molecule has 4 aliphatic carbocycles. The molecule has 0 heteroatoms. The van der Waals surface area contributed by atoms with E-state index in [2.05, 4.69) is 98.8 Å². The summed E-state index contributed by atoms with van der Waals surface area (Å²) < 4.78 is 0. The van der Waals surface area contributed by atoms with E-state index in [0.717, 1.165) is 12.8 Å². The van der Waals surface area contributed by atoms with Crippen LogP contribution in [-0.4, -0.2) is 0 Å². The van der Waals surface area contributed by atoms with E-state index in [1.807, 2.05) is 0 Å². The van der Waals surface area contributed by atoms with Crippen molar-refractivity contribution in [2.75, 3.05) is 0 Å². The minimum absolute atomic E-state index is 0.655. The van der Waals surface area contributed by atoms with Crippen LogP contribution in [0.5, 0.6) is 0 Å². The van der Waals surface area contributed by atoms with Gasteiger partial charge in [0, 0.05) is 0 Å². The van der Waals surface area contributed by atoms with Crippen molar-refractivity contribution >= 4 is 11.1 Å². The molecular weight excluding hydrogens is 384 g/mol. The maximum absolute atomic E-state index is 2.43. The fourth-order valence-corrected chi connectivity index (χ4v) is 5.85. The molecule has 6 rings (SSSR count). The van der Waals surface area contributed by atoms with E-state index in [1.54, 1.807) is 11.1 Å². The van der Waals surface area contributed by atoms with Gasteiger partial charge >= 0.3 is 0 Å². The normalized spacial score (nSPS) is 23.9. The second-order valence-electron chi connectivity index (χ2n) is 9.98. The lowest BCUT2D eigenvalue weighted by Crippen LogP contribution is -1.99. The Morgan fingerprint density at radius 2 is 0.969 bits per heavy atom. The van der Waals surface area contributed by atoms with Gasteiger partial charge in [-0.15, -0.1) is 0 Å². The Labute approximate surface area is 192 Å². The number of hydrogen-bond acceptors (Lipinski definition) is 0. The Morgan fingerprint density at radius 3 is 1.41 bits per heavy atom. The number of allylic oxidation sites excluding steroid dienone is 12. The van der Waals surface area contributed by atoms with E-state index in [9.17, 15) is 0 Å². The van der Waals surface area contributed by atoms with E-state index in [0.29, 0.717) is 11.8 Å². The summed E-state index contributed by atoms with van der Waals surface area (Å²) in [5, 5.41) is 0. The zero-order valence-electron chi connectivity index (χ0n) is 19.1. The Bertz CT molecular complexity index is 1180. The second-order valence-corrected chi connectivity index (χ2v) is 9.98. The van der Waals surface area contributed by atoms with Gasteiger partial charge < -0.3 is 0 Å². The molecule has 0 aromatic heterocycles. The smallest absolute Gasteiger partial charge is 0.00515 e. The number of benzene rings is 2. The molecule has 0 saturated heterocycles. The van der Waals surface area contributed by atoms with Gasteiger partial charge in [0.2, 0.25) is 0 Å². The molecule has 2 aromatic carbocycles. The van der Waals surface area contributed by atoms with Crippen molar-refractivity contribution in [3.63, 3.8) is 0 Å². The van der Waals surface area contributed by atoms with Crippen LogP contribution in [-0.2, 0) is 0 Å². The first kappa shape index (κ1) is 19.6. The first-order valence-corrected chi connectivity index (χ1v) is 12.1. The Balaban J connectivity index is 1.38. The third-order valence-electron chi connectivity index (χ3n) is 7.47. The Morgan fingerprint density at radius 1 is 0.562 bits per heavy atom. The predicted molar refractivity (Wildman–Crippen MR) is 137 cm³/mol. The lowest BCUT2D eigenvalue weighted by Gasteiger charge is -2.17. The summed E-state index contributed by atoms with van der Waals surface area (Å²) in [4.78, 5) is 0. The molecule has 4 aliphatic rings. The van der Waals surface area contributed by atoms with E-state index in [1.165, 1.54) is 57.4 Å². The van der Waals surface area contributed by atoms with Crippen molar-refractivity contribution in [1.82, 2.24) is 0 Å². The Hall–Kier alpha value is -3.12. The van der Waals surface area contributed by atoms with Gasteiger partial charge in [0.25, 0.3) is 0 Å². The van der Waals surface area contributed by atoms with Crippen LogP contribution in [0.25, 0.3) is 22.3 Å². The maximum atomic E-state index is 2.43. The quantitative estimate of drug-likeness (QED) is 0.471. The third kappa shape index (κ3) is 3.39. The topological polar surface area (TPSA) is 0 Å². The van der Waals surface area contributed by atoms with Gasteiger partial charge in [-0.3, -0.25) is 0 Å². The standard InChI is InChI=1S/C32H30/c1-21-11-13-23-17-27(19-25(23)15-21)29-7-3-5-9-31(29)32-10-6-4-8-30(32)28-18-24-14-12-22(2)16-26(24)20-28/h3-14,17-18,21-22H,15-16,19-20H2,1-2H3. The minimum atomic E-state index is 0.655. The van der Waals surface area contributed by atoms with Gasteiger partial charge in [0.1, 0.15) is 0 Å². The van der Waals surface area contributed by atoms with E-state index < -0.39 is 0 Å². The lowest BCUT2D eigenvalue weighted by atomic mass is 9.87. The molecule has 0 bridgehead atoms. The van der Waals surface area contributed by atoms with Gasteiger partial charge in [0.05, 0.1) is 0 Å². The molecule has 0 spiro atoms. The summed E-state index contributed by atoms with van der Waals surface area (Å²) in [6.07, 6.45) is 18.8. The maximum Gasteiger partial charge on any atom is -0.00515 e. The van der Waals surface area contributed by atoms with E-state index in [4.69, 9.17) is 0 Å². The van der Waals surface area contributed by atoms with Crippen LogP contribution in [0.3, 0.4) is 0 Å². The van der Waals surface area contributed by atoms with Crippen LogP contribution >= 0.6 is 0 Å². The minimum Gasteiger partial charge on any atom is -0.0808 e. The van der Waals surface area contributed by atoms with Crippen molar-refractivity contribution in [3.05, 3.63) is 118 Å². The van der Waals surface area contributed by atoms with Crippen LogP contribution < -0.4 is 0 Å². The van der Waals surface area contributed by atoms with Crippen LogP contribution in [0.2, 0.25) is 0 Å². The van der Waals surface area contributed by atoms with E-state index in [-0.39, 0.29) is 0 Å². The molecule has 32 heavy (non-hydrogen) atoms. The third-order valence-corrected chi connectivity index (χ3v) is 7.47. The van der Waals surface area contributed by atoms with Crippen LogP contribution in [0.4, 0.5) is 0 Å². The number of hydrogen-bond donors (Lipinski definition) is 0. The number of rotatable bonds is 3. The average molecular weight is 415 g/mol. The summed E-state index contributed by atoms with van der Waals surface area (Å²) in [6, 6.07) is 18.0. The molecule has 0 fully saturated rings. The molecule has 2 aromatic rings. The largest absolute Gasteiger partial charge is 0.0808 e. The van der Waals surface area contributed by atoms with E-state index >= 15 is 0 Å². The highest BCUT2D eigenvalue weighted by molar-refractivity contribution is 5.92. The first-order valence-electron chi connectivity index (χ1n) is 12.1. The van der Waals surface area contributed by atoms with Gasteiger partial charge in [-0.1, -0.05) is 110 Å². The molecule has 0 radical (unpaired) electrons. The summed E-state index contributed by atoms with van der Waals surface area (Å²) in [5.41, 5.74) is 14.5. The van der Waals surface area contributed by atoms with Crippen LogP contribution in [0.1, 0.15) is 50.7 Å². The molecule has 2 atom stereocenters. The fraction of sp³-hybridized carbons (Fsp3) is 0.250. The monoisotopic (exact) mass is 414 g/mol. The summed E-state index contributed by atoms with van der Waals surface area (Å²) in [5.74, 6) is 1.31. The van der Waals surface area contributed by atoms with Crippen molar-refractivity contribution < 1.29 is 0 Å². The second kappa shape index (κ2) is 7.78. The van der Waals surface area contributed by atoms with Gasteiger partial charge in [-0.05, 0) is 82.1 Å². The van der Waals surface area contributed by atoms with Crippen molar-refractivity contribution in [2.24, 2.45) is 11.8 Å². The SMILES string of the molecule is CC1C=CC2=C(CC(c3ccccc3-c3ccccc3C3=CC4=C(C3)CC(C)C=C4)=C2)C1. The van der Waals surface area contributed by atoms with Crippen LogP contribution in [0.15, 0.2) is 107 Å². The van der Waals surface area contributed by atoms with Crippen LogP contribution in [0, 0.1) is 11.8 Å². The van der Waals surface area contributed by atoms with Crippen molar-refractivity contribution in [2.45, 2.75) is 39.5 Å². The van der Waals surface area contributed by atoms with Crippen molar-refractivity contribution in [3.8, 4) is 11.1 Å². The molecule has 0 amide bonds. The van der Waals surface area contributed by atoms with Gasteiger partial charge in [0.15, 0.2) is 0 Å². The average Bonchev–Trinajstić information content (AvgIpc) is 3.42. The molecule has 0 saturated carbocycles. The van der Waals surface area contributed by atoms with Crippen molar-refractivity contribution in [1.29, 1.82) is 0 Å². The lowest BCUT2D eigenvalue weighted by molar-refractivity contribution is 0.697. The Kier molecular flexibility index (Phi) is 4.76. The highest BCUT2D eigenvalue weighted by Crippen LogP contribution is 2.45. The molecule has 0 nitrogen and oxygen atoms in total. The molecule has 0 aliphatic heterocycles. The zero-order valence-corrected chi connectivity index (χ0v) is 19.1. The predicted octanol–water partition coefficient (Wildman–Crippen LogP) is 8.71. The highest BCUT2D eigenvalue weighted by Gasteiger charge is 2.24. The fourth-order valence-electron chi connectivity index (χ4n) is 5.85. The molecule has 0 heterocycles. The molecule has 158 valence electrons. The first-order chi connectivity index (χ1) is 15.7. The zero-order chi connectivity index (χ0) is 21.7. The summed E-state index contributed by atoms with van der Waals surface area (Å²) >= 11 is 0. The highest BCUT2D eigenvalue weighted by atomic mass is 14.3. The molecule has 0 N–H and O–H groups in total. The summed E-state index contributed by atoms with van der Waals surface area (Å²) in [6.45, 7) is 4.64. The molecular formula is C32H30. The molecule has 2 unspecified atom stereocenters.